The molecule has 0 bridgehead atoms. The highest BCUT2D eigenvalue weighted by Gasteiger charge is 2.50. The van der Waals surface area contributed by atoms with Gasteiger partial charge in [-0.1, -0.05) is 88.5 Å². The topological polar surface area (TPSA) is 3.24 Å². The Morgan fingerprint density at radius 1 is 0.824 bits per heavy atom. The molecule has 0 radical (unpaired) electrons. The molecule has 34 heavy (non-hydrogen) atoms. The maximum atomic E-state index is 2.98. The van der Waals surface area contributed by atoms with Crippen molar-refractivity contribution >= 4 is 0 Å². The largest absolute Gasteiger partial charge is 0.365 e. The molecule has 7 atom stereocenters. The van der Waals surface area contributed by atoms with Gasteiger partial charge < -0.3 is 4.90 Å². The molecule has 0 aromatic heterocycles. The quantitative estimate of drug-likeness (QED) is 0.382. The Bertz CT molecular complexity index is 878. The summed E-state index contributed by atoms with van der Waals surface area (Å²) in [4.78, 5) is 2.98. The summed E-state index contributed by atoms with van der Waals surface area (Å²) in [5.74, 6) is 5.90. The van der Waals surface area contributed by atoms with E-state index in [0.29, 0.717) is 6.04 Å². The van der Waals surface area contributed by atoms with Gasteiger partial charge in [-0.25, -0.2) is 0 Å². The third-order valence-electron chi connectivity index (χ3n) is 10.7. The highest BCUT2D eigenvalue weighted by atomic mass is 15.2. The third kappa shape index (κ3) is 4.31. The van der Waals surface area contributed by atoms with Crippen LogP contribution in [0.25, 0.3) is 0 Å². The van der Waals surface area contributed by atoms with Gasteiger partial charge in [0.25, 0.3) is 0 Å². The molecule has 6 rings (SSSR count). The van der Waals surface area contributed by atoms with Crippen LogP contribution in [-0.2, 0) is 0 Å². The first-order chi connectivity index (χ1) is 16.7. The predicted octanol–water partition coefficient (Wildman–Crippen LogP) is 8.62. The molecule has 7 unspecified atom stereocenters. The Labute approximate surface area is 209 Å². The lowest BCUT2D eigenvalue weighted by Gasteiger charge is -2.43. The fraction of sp³-hybridized carbons (Fsp3) is 0.697. The number of hydrogen-bond acceptors (Lipinski definition) is 1. The van der Waals surface area contributed by atoms with Gasteiger partial charge in [0.2, 0.25) is 0 Å². The molecule has 1 nitrogen and oxygen atoms in total. The number of allylic oxidation sites excluding steroid dienone is 8. The van der Waals surface area contributed by atoms with Crippen LogP contribution in [0.5, 0.6) is 0 Å². The first-order valence-corrected chi connectivity index (χ1v) is 14.9. The number of hydrogen-bond donors (Lipinski definition) is 0. The second-order valence-electron chi connectivity index (χ2n) is 12.8. The molecule has 6 aliphatic rings. The summed E-state index contributed by atoms with van der Waals surface area (Å²) in [5, 5.41) is 0. The zero-order valence-electron chi connectivity index (χ0n) is 21.7. The maximum absolute atomic E-state index is 2.98. The average molecular weight is 458 g/mol. The highest BCUT2D eigenvalue weighted by molar-refractivity contribution is 5.37. The minimum absolute atomic E-state index is 0.577. The van der Waals surface area contributed by atoms with E-state index in [9.17, 15) is 0 Å². The molecule has 0 aromatic carbocycles. The van der Waals surface area contributed by atoms with Gasteiger partial charge in [-0.15, -0.1) is 0 Å². The van der Waals surface area contributed by atoms with Gasteiger partial charge in [0, 0.05) is 17.7 Å². The van der Waals surface area contributed by atoms with Crippen molar-refractivity contribution in [2.24, 2.45) is 41.4 Å². The van der Waals surface area contributed by atoms with Gasteiger partial charge >= 0.3 is 0 Å². The van der Waals surface area contributed by atoms with Crippen molar-refractivity contribution in [1.29, 1.82) is 0 Å². The standard InChI is InChI=1S/C33H47N/c1-23(2)25-12-9-13-26(20-25)28-17-19-31-30-18-16-27(24-10-5-3-6-11-24)21-32(30)34(33(31)22-28)29-14-7-4-8-15-29/h4,7-9,12,14,17,22-27,29-32H,3,5-6,10-11,13,15-16,18-21H2,1-2H3. The van der Waals surface area contributed by atoms with Crippen molar-refractivity contribution in [3.05, 3.63) is 59.9 Å². The van der Waals surface area contributed by atoms with E-state index in [0.717, 1.165) is 47.5 Å². The van der Waals surface area contributed by atoms with Crippen LogP contribution < -0.4 is 0 Å². The Morgan fingerprint density at radius 2 is 1.71 bits per heavy atom. The molecule has 0 spiro atoms. The van der Waals surface area contributed by atoms with Crippen LogP contribution in [0.3, 0.4) is 0 Å². The maximum Gasteiger partial charge on any atom is 0.0511 e. The van der Waals surface area contributed by atoms with Crippen molar-refractivity contribution in [3.63, 3.8) is 0 Å². The normalized spacial score (nSPS) is 40.2. The van der Waals surface area contributed by atoms with Gasteiger partial charge in [0.1, 0.15) is 0 Å². The second kappa shape index (κ2) is 9.87. The molecular weight excluding hydrogens is 410 g/mol. The van der Waals surface area contributed by atoms with Crippen molar-refractivity contribution in [1.82, 2.24) is 4.90 Å². The van der Waals surface area contributed by atoms with Crippen molar-refractivity contribution in [3.8, 4) is 0 Å². The molecule has 0 amide bonds. The fourth-order valence-electron chi connectivity index (χ4n) is 8.78. The average Bonchev–Trinajstić information content (AvgIpc) is 3.22. The van der Waals surface area contributed by atoms with Gasteiger partial charge in [0.15, 0.2) is 0 Å². The Hall–Kier alpha value is -1.50. The Kier molecular flexibility index (Phi) is 6.65. The Morgan fingerprint density at radius 3 is 2.50 bits per heavy atom. The number of fused-ring (bicyclic) bond motifs is 3. The van der Waals surface area contributed by atoms with E-state index in [1.54, 1.807) is 11.3 Å². The molecule has 1 heterocycles. The van der Waals surface area contributed by atoms with E-state index in [1.807, 2.05) is 0 Å². The molecule has 2 saturated carbocycles. The van der Waals surface area contributed by atoms with Crippen LogP contribution in [0.15, 0.2) is 59.9 Å². The summed E-state index contributed by atoms with van der Waals surface area (Å²) in [6, 6.07) is 1.35. The molecule has 184 valence electrons. The monoisotopic (exact) mass is 457 g/mol. The summed E-state index contributed by atoms with van der Waals surface area (Å²) in [6.07, 6.45) is 36.9. The minimum atomic E-state index is 0.577. The lowest BCUT2D eigenvalue weighted by Crippen LogP contribution is -2.43. The van der Waals surface area contributed by atoms with E-state index in [2.05, 4.69) is 67.4 Å². The molecule has 3 fully saturated rings. The van der Waals surface area contributed by atoms with Crippen LogP contribution in [0, 0.1) is 41.4 Å². The lowest BCUT2D eigenvalue weighted by atomic mass is 9.67. The molecule has 0 N–H and O–H groups in total. The zero-order valence-corrected chi connectivity index (χ0v) is 21.7. The zero-order chi connectivity index (χ0) is 23.1. The van der Waals surface area contributed by atoms with Crippen LogP contribution in [-0.4, -0.2) is 17.0 Å². The summed E-state index contributed by atoms with van der Waals surface area (Å²) in [6.45, 7) is 4.80. The summed E-state index contributed by atoms with van der Waals surface area (Å²) in [5.41, 5.74) is 3.40. The van der Waals surface area contributed by atoms with Gasteiger partial charge in [-0.2, -0.15) is 0 Å². The SMILES string of the molecule is CC(C)C1C=CCC(C2=CCC3C(=C2)N(C2C=CC=CC2)C2CC(C4CCCCC4)CCC32)C1. The smallest absolute Gasteiger partial charge is 0.0511 e. The van der Waals surface area contributed by atoms with Crippen LogP contribution in [0.2, 0.25) is 0 Å². The van der Waals surface area contributed by atoms with E-state index in [1.165, 1.54) is 77.0 Å². The van der Waals surface area contributed by atoms with E-state index < -0.39 is 0 Å². The summed E-state index contributed by atoms with van der Waals surface area (Å²) >= 11 is 0. The molecule has 1 aliphatic heterocycles. The molecule has 5 aliphatic carbocycles. The molecule has 1 heteroatoms. The van der Waals surface area contributed by atoms with E-state index >= 15 is 0 Å². The third-order valence-corrected chi connectivity index (χ3v) is 10.7. The Balaban J connectivity index is 1.27. The molecule has 1 saturated heterocycles. The van der Waals surface area contributed by atoms with Crippen molar-refractivity contribution in [2.75, 3.05) is 0 Å². The van der Waals surface area contributed by atoms with Gasteiger partial charge in [-0.05, 0) is 92.1 Å². The fourth-order valence-corrected chi connectivity index (χ4v) is 8.78. The van der Waals surface area contributed by atoms with Gasteiger partial charge in [0.05, 0.1) is 6.04 Å². The molecule has 0 aromatic rings. The van der Waals surface area contributed by atoms with E-state index in [4.69, 9.17) is 0 Å². The minimum Gasteiger partial charge on any atom is -0.365 e. The van der Waals surface area contributed by atoms with E-state index in [-0.39, 0.29) is 0 Å². The van der Waals surface area contributed by atoms with Crippen molar-refractivity contribution < 1.29 is 0 Å². The predicted molar refractivity (Wildman–Crippen MR) is 144 cm³/mol. The van der Waals surface area contributed by atoms with Crippen LogP contribution in [0.4, 0.5) is 0 Å². The lowest BCUT2D eigenvalue weighted by molar-refractivity contribution is 0.0914. The summed E-state index contributed by atoms with van der Waals surface area (Å²) < 4.78 is 0. The highest BCUT2D eigenvalue weighted by Crippen LogP contribution is 2.54. The number of nitrogens with zero attached hydrogens (tertiary/aromatic N) is 1. The van der Waals surface area contributed by atoms with Crippen LogP contribution >= 0.6 is 0 Å². The first-order valence-electron chi connectivity index (χ1n) is 14.9. The summed E-state index contributed by atoms with van der Waals surface area (Å²) in [7, 11) is 0. The number of likely N-dealkylation sites (tertiary alicyclic amines) is 1. The first kappa shape index (κ1) is 22.9. The van der Waals surface area contributed by atoms with Crippen LogP contribution in [0.1, 0.15) is 90.9 Å². The second-order valence-corrected chi connectivity index (χ2v) is 12.8. The van der Waals surface area contributed by atoms with Gasteiger partial charge in [-0.3, -0.25) is 0 Å². The molecular formula is C33H47N. The number of rotatable bonds is 4. The van der Waals surface area contributed by atoms with Crippen molar-refractivity contribution in [2.45, 2.75) is 103 Å².